The molecular formula is C22H12Cl4F2O7. The predicted molar refractivity (Wildman–Crippen MR) is 122 cm³/mol. The Kier molecular flexibility index (Phi) is 6.65. The number of hydrogen-bond acceptors (Lipinski definition) is 7. The first-order chi connectivity index (χ1) is 16.4. The number of Topliss-reactive ketones (excluding diaryl/α,β-unsaturated/α-hetero) is 1. The van der Waals surface area contributed by atoms with Crippen LogP contribution in [0.5, 0.6) is 17.2 Å². The number of benzene rings is 2. The molecular weight excluding hydrogens is 556 g/mol. The molecule has 1 aliphatic carbocycles. The highest BCUT2D eigenvalue weighted by molar-refractivity contribution is 6.40. The van der Waals surface area contributed by atoms with Crippen molar-refractivity contribution in [3.05, 3.63) is 61.3 Å². The van der Waals surface area contributed by atoms with Gasteiger partial charge in [0.1, 0.15) is 17.1 Å². The van der Waals surface area contributed by atoms with Crippen molar-refractivity contribution >= 4 is 63.9 Å². The lowest BCUT2D eigenvalue weighted by atomic mass is 9.75. The minimum absolute atomic E-state index is 0.127. The summed E-state index contributed by atoms with van der Waals surface area (Å²) >= 11 is 24.2. The fourth-order valence-corrected chi connectivity index (χ4v) is 5.09. The Bertz CT molecular complexity index is 1300. The third-order valence-corrected chi connectivity index (χ3v) is 6.64. The minimum atomic E-state index is -3.40. The van der Waals surface area contributed by atoms with Gasteiger partial charge < -0.3 is 19.3 Å². The van der Waals surface area contributed by atoms with E-state index < -0.39 is 69.1 Å². The van der Waals surface area contributed by atoms with Crippen LogP contribution >= 0.6 is 46.4 Å². The summed E-state index contributed by atoms with van der Waals surface area (Å²) in [6.07, 6.45) is 0.625. The van der Waals surface area contributed by atoms with E-state index >= 15 is 0 Å². The number of fused-ring (bicyclic) bond motifs is 1. The summed E-state index contributed by atoms with van der Waals surface area (Å²) in [5, 5.41) is 9.91. The van der Waals surface area contributed by atoms with E-state index in [2.05, 4.69) is 4.74 Å². The Hall–Kier alpha value is -2.59. The van der Waals surface area contributed by atoms with Crippen molar-refractivity contribution in [3.8, 4) is 17.2 Å². The lowest BCUT2D eigenvalue weighted by Crippen LogP contribution is -2.51. The van der Waals surface area contributed by atoms with Crippen LogP contribution in [0.4, 0.5) is 8.78 Å². The van der Waals surface area contributed by atoms with Crippen molar-refractivity contribution in [3.63, 3.8) is 0 Å². The summed E-state index contributed by atoms with van der Waals surface area (Å²) in [4.78, 5) is 38.1. The van der Waals surface area contributed by atoms with E-state index in [1.54, 1.807) is 0 Å². The molecule has 0 saturated heterocycles. The minimum Gasteiger partial charge on any atom is -0.507 e. The van der Waals surface area contributed by atoms with E-state index in [-0.39, 0.29) is 27.2 Å². The highest BCUT2D eigenvalue weighted by Crippen LogP contribution is 2.53. The quantitative estimate of drug-likeness (QED) is 0.333. The van der Waals surface area contributed by atoms with Gasteiger partial charge in [-0.2, -0.15) is 8.78 Å². The fourth-order valence-electron chi connectivity index (χ4n) is 3.94. The topological polar surface area (TPSA) is 99.1 Å². The second-order valence-electron chi connectivity index (χ2n) is 7.67. The van der Waals surface area contributed by atoms with Crippen molar-refractivity contribution in [2.45, 2.75) is 25.6 Å². The molecule has 1 N–H and O–H groups in total. The van der Waals surface area contributed by atoms with Crippen LogP contribution in [-0.2, 0) is 4.79 Å². The Morgan fingerprint density at radius 3 is 2.37 bits per heavy atom. The van der Waals surface area contributed by atoms with Gasteiger partial charge in [-0.1, -0.05) is 53.3 Å². The number of aliphatic hydroxyl groups excluding tert-OH is 1. The van der Waals surface area contributed by atoms with Gasteiger partial charge in [0.05, 0.1) is 20.6 Å². The SMILES string of the molecule is C[C@@H]1CC(=O)C=C(O)[C@@]12Oc1c(Cl)c(C(=O)Oc3c(Cl)cc(Cl)cc3Cl)cc(OC(F)F)c1C2=O. The summed E-state index contributed by atoms with van der Waals surface area (Å²) < 4.78 is 41.8. The number of rotatable bonds is 4. The standard InChI is InChI=1S/C22H12Cl4F2O7/c1-7-2-9(29)5-14(30)22(7)19(31)15-13(33-21(27)28)6-10(16(26)18(15)35-22)20(32)34-17-11(24)3-8(23)4-12(17)25/h3-7,21,30H,2H2,1H3/t7-,22+/m1/s1. The molecule has 1 aliphatic heterocycles. The summed E-state index contributed by atoms with van der Waals surface area (Å²) in [6.45, 7) is -1.95. The molecule has 7 nitrogen and oxygen atoms in total. The lowest BCUT2D eigenvalue weighted by molar-refractivity contribution is -0.118. The largest absolute Gasteiger partial charge is 0.507 e. The van der Waals surface area contributed by atoms with Gasteiger partial charge in [-0.05, 0) is 18.2 Å². The van der Waals surface area contributed by atoms with Gasteiger partial charge in [-0.15, -0.1) is 0 Å². The average molecular weight is 568 g/mol. The zero-order chi connectivity index (χ0) is 25.8. The molecule has 35 heavy (non-hydrogen) atoms. The summed E-state index contributed by atoms with van der Waals surface area (Å²) in [6, 6.07) is 3.27. The van der Waals surface area contributed by atoms with E-state index in [1.807, 2.05) is 0 Å². The molecule has 2 atom stereocenters. The second kappa shape index (κ2) is 9.13. The monoisotopic (exact) mass is 566 g/mol. The number of halogens is 6. The van der Waals surface area contributed by atoms with Crippen LogP contribution < -0.4 is 14.2 Å². The Morgan fingerprint density at radius 2 is 1.80 bits per heavy atom. The molecule has 184 valence electrons. The van der Waals surface area contributed by atoms with Crippen LogP contribution in [0, 0.1) is 5.92 Å². The van der Waals surface area contributed by atoms with Crippen LogP contribution in [0.25, 0.3) is 0 Å². The van der Waals surface area contributed by atoms with Crippen LogP contribution in [0.3, 0.4) is 0 Å². The Balaban J connectivity index is 1.84. The molecule has 0 bridgehead atoms. The molecule has 13 heteroatoms. The number of ketones is 2. The van der Waals surface area contributed by atoms with Gasteiger partial charge in [0, 0.05) is 23.4 Å². The first kappa shape index (κ1) is 25.5. The molecule has 2 aromatic rings. The molecule has 0 unspecified atom stereocenters. The molecule has 0 saturated carbocycles. The lowest BCUT2D eigenvalue weighted by Gasteiger charge is -2.34. The third-order valence-electron chi connectivity index (χ3n) is 5.49. The summed E-state index contributed by atoms with van der Waals surface area (Å²) in [7, 11) is 0. The zero-order valence-electron chi connectivity index (χ0n) is 17.3. The van der Waals surface area contributed by atoms with Gasteiger partial charge in [0.25, 0.3) is 0 Å². The second-order valence-corrected chi connectivity index (χ2v) is 9.30. The van der Waals surface area contributed by atoms with Crippen molar-refractivity contribution < 1.29 is 42.5 Å². The highest BCUT2D eigenvalue weighted by atomic mass is 35.5. The van der Waals surface area contributed by atoms with Crippen molar-refractivity contribution in [1.82, 2.24) is 0 Å². The molecule has 1 spiro atoms. The number of allylic oxidation sites excluding steroid dienone is 1. The molecule has 0 aromatic heterocycles. The number of esters is 1. The van der Waals surface area contributed by atoms with Crippen LogP contribution in [-0.4, -0.2) is 34.9 Å². The number of ether oxygens (including phenoxy) is 3. The number of alkyl halides is 2. The summed E-state index contributed by atoms with van der Waals surface area (Å²) in [5.41, 5.74) is -3.18. The Morgan fingerprint density at radius 1 is 1.17 bits per heavy atom. The van der Waals surface area contributed by atoms with Gasteiger partial charge in [-0.25, -0.2) is 4.79 Å². The third kappa shape index (κ3) is 4.20. The van der Waals surface area contributed by atoms with Gasteiger partial charge >= 0.3 is 12.6 Å². The first-order valence-electron chi connectivity index (χ1n) is 9.72. The Labute approximate surface area is 216 Å². The molecule has 4 rings (SSSR count). The van der Waals surface area contributed by atoms with E-state index in [0.29, 0.717) is 0 Å². The number of carbonyl (C=O) groups is 3. The summed E-state index contributed by atoms with van der Waals surface area (Å²) in [5.74, 6) is -5.82. The number of hydrogen-bond donors (Lipinski definition) is 1. The molecule has 2 aliphatic rings. The maximum Gasteiger partial charge on any atom is 0.387 e. The predicted octanol–water partition coefficient (Wildman–Crippen LogP) is 6.49. The fraction of sp³-hybridized carbons (Fsp3) is 0.227. The van der Waals surface area contributed by atoms with Gasteiger partial charge in [0.2, 0.25) is 11.4 Å². The van der Waals surface area contributed by atoms with E-state index in [1.165, 1.54) is 19.1 Å². The first-order valence-corrected chi connectivity index (χ1v) is 11.2. The molecule has 0 radical (unpaired) electrons. The van der Waals surface area contributed by atoms with Gasteiger partial charge in [0.15, 0.2) is 17.3 Å². The van der Waals surface area contributed by atoms with Crippen molar-refractivity contribution in [2.75, 3.05) is 0 Å². The highest BCUT2D eigenvalue weighted by Gasteiger charge is 2.59. The average Bonchev–Trinajstić information content (AvgIpc) is 3.05. The molecule has 1 heterocycles. The zero-order valence-corrected chi connectivity index (χ0v) is 20.4. The maximum atomic E-state index is 13.4. The van der Waals surface area contributed by atoms with E-state index in [9.17, 15) is 28.3 Å². The number of carbonyl (C=O) groups excluding carboxylic acids is 3. The van der Waals surface area contributed by atoms with Crippen molar-refractivity contribution in [2.24, 2.45) is 5.92 Å². The molecule has 2 aromatic carbocycles. The van der Waals surface area contributed by atoms with Crippen LogP contribution in [0.2, 0.25) is 20.1 Å². The number of aliphatic hydroxyl groups is 1. The molecule has 0 fully saturated rings. The van der Waals surface area contributed by atoms with E-state index in [0.717, 1.165) is 12.1 Å². The maximum absolute atomic E-state index is 13.4. The van der Waals surface area contributed by atoms with Crippen LogP contribution in [0.1, 0.15) is 34.1 Å². The van der Waals surface area contributed by atoms with Crippen molar-refractivity contribution in [1.29, 1.82) is 0 Å². The van der Waals surface area contributed by atoms with Gasteiger partial charge in [-0.3, -0.25) is 9.59 Å². The van der Waals surface area contributed by atoms with E-state index in [4.69, 9.17) is 55.9 Å². The van der Waals surface area contributed by atoms with Crippen LogP contribution in [0.15, 0.2) is 30.0 Å². The smallest absolute Gasteiger partial charge is 0.387 e. The molecule has 0 amide bonds. The normalized spacial score (nSPS) is 21.1.